The average Bonchev–Trinajstić information content (AvgIpc) is 3.26. The highest BCUT2D eigenvalue weighted by atomic mass is 16.6. The van der Waals surface area contributed by atoms with Crippen LogP contribution in [0.4, 0.5) is 0 Å². The van der Waals surface area contributed by atoms with Crippen LogP contribution in [-0.4, -0.2) is 37.2 Å². The maximum atomic E-state index is 12.7. The summed E-state index contributed by atoms with van der Waals surface area (Å²) in [7, 11) is 0. The van der Waals surface area contributed by atoms with Gasteiger partial charge in [-0.1, -0.05) is 229 Å². The molecule has 0 aliphatic heterocycles. The van der Waals surface area contributed by atoms with E-state index in [0.29, 0.717) is 19.3 Å². The zero-order chi connectivity index (χ0) is 44.4. The van der Waals surface area contributed by atoms with Crippen LogP contribution < -0.4 is 0 Å². The maximum absolute atomic E-state index is 12.7. The lowest BCUT2D eigenvalue weighted by Gasteiger charge is -2.18. The van der Waals surface area contributed by atoms with Gasteiger partial charge >= 0.3 is 17.9 Å². The lowest BCUT2D eigenvalue weighted by molar-refractivity contribution is -0.167. The number of carbonyl (C=O) groups is 3. The van der Waals surface area contributed by atoms with Crippen molar-refractivity contribution in [1.82, 2.24) is 0 Å². The standard InChI is InChI=1S/C55H96O6/c1-4-7-10-13-16-18-20-22-24-26-27-28-29-30-32-33-35-37-39-42-45-48-54(57)60-51-52(50-59-53(56)47-44-41-15-12-9-6-3)61-55(58)49-46-43-40-38-36-34-31-25-23-21-19-17-14-11-8-5-2/h7,10,16,18,22,24,27-28,30,32,52H,4-6,8-9,11-15,17,19-21,23,25-26,29,31,33-51H2,1-3H3/b10-7-,18-16-,24-22-,28-27-,32-30-. The molecular weight excluding hydrogens is 757 g/mol. The van der Waals surface area contributed by atoms with Gasteiger partial charge in [0.2, 0.25) is 0 Å². The first-order chi connectivity index (χ1) is 30.0. The molecule has 6 heteroatoms. The first-order valence-electron chi connectivity index (χ1n) is 25.8. The van der Waals surface area contributed by atoms with Gasteiger partial charge < -0.3 is 14.2 Å². The molecule has 0 saturated carbocycles. The molecule has 0 amide bonds. The average molecular weight is 853 g/mol. The van der Waals surface area contributed by atoms with Crippen LogP contribution in [0.3, 0.4) is 0 Å². The van der Waals surface area contributed by atoms with Gasteiger partial charge in [0.25, 0.3) is 0 Å². The Morgan fingerprint density at radius 2 is 0.639 bits per heavy atom. The molecule has 1 unspecified atom stereocenters. The van der Waals surface area contributed by atoms with Gasteiger partial charge in [0.1, 0.15) is 13.2 Å². The van der Waals surface area contributed by atoms with Gasteiger partial charge in [-0.3, -0.25) is 14.4 Å². The van der Waals surface area contributed by atoms with Gasteiger partial charge in [0.15, 0.2) is 6.10 Å². The second-order valence-electron chi connectivity index (χ2n) is 17.1. The highest BCUT2D eigenvalue weighted by Gasteiger charge is 2.19. The Hall–Kier alpha value is -2.89. The van der Waals surface area contributed by atoms with Crippen molar-refractivity contribution in [1.29, 1.82) is 0 Å². The Morgan fingerprint density at radius 3 is 1.00 bits per heavy atom. The number of carbonyl (C=O) groups excluding carboxylic acids is 3. The number of esters is 3. The third-order valence-corrected chi connectivity index (χ3v) is 11.0. The number of hydrogen-bond acceptors (Lipinski definition) is 6. The van der Waals surface area contributed by atoms with Crippen molar-refractivity contribution in [3.8, 4) is 0 Å². The van der Waals surface area contributed by atoms with Crippen molar-refractivity contribution in [2.24, 2.45) is 0 Å². The molecule has 6 nitrogen and oxygen atoms in total. The zero-order valence-electron chi connectivity index (χ0n) is 40.2. The summed E-state index contributed by atoms with van der Waals surface area (Å²) in [5.74, 6) is -0.902. The van der Waals surface area contributed by atoms with Crippen LogP contribution in [0, 0.1) is 0 Å². The monoisotopic (exact) mass is 853 g/mol. The van der Waals surface area contributed by atoms with Crippen LogP contribution in [0.15, 0.2) is 60.8 Å². The largest absolute Gasteiger partial charge is 0.462 e. The van der Waals surface area contributed by atoms with E-state index >= 15 is 0 Å². The van der Waals surface area contributed by atoms with Crippen LogP contribution in [0.5, 0.6) is 0 Å². The van der Waals surface area contributed by atoms with Crippen LogP contribution in [0.1, 0.15) is 252 Å². The summed E-state index contributed by atoms with van der Waals surface area (Å²) in [5, 5.41) is 0. The van der Waals surface area contributed by atoms with Crippen LogP contribution >= 0.6 is 0 Å². The van der Waals surface area contributed by atoms with E-state index in [4.69, 9.17) is 14.2 Å². The van der Waals surface area contributed by atoms with E-state index in [2.05, 4.69) is 81.5 Å². The second kappa shape index (κ2) is 49.8. The van der Waals surface area contributed by atoms with Crippen LogP contribution in [0.25, 0.3) is 0 Å². The van der Waals surface area contributed by atoms with Crippen molar-refractivity contribution >= 4 is 17.9 Å². The first kappa shape index (κ1) is 58.1. The van der Waals surface area contributed by atoms with Crippen molar-refractivity contribution in [2.75, 3.05) is 13.2 Å². The molecule has 0 spiro atoms. The molecule has 0 aromatic carbocycles. The third kappa shape index (κ3) is 48.0. The molecule has 1 atom stereocenters. The van der Waals surface area contributed by atoms with Gasteiger partial charge in [-0.05, 0) is 64.2 Å². The quantitative estimate of drug-likeness (QED) is 0.0263. The molecule has 0 radical (unpaired) electrons. The van der Waals surface area contributed by atoms with Crippen LogP contribution in [0.2, 0.25) is 0 Å². The lowest BCUT2D eigenvalue weighted by atomic mass is 10.0. The van der Waals surface area contributed by atoms with Gasteiger partial charge in [0.05, 0.1) is 0 Å². The summed E-state index contributed by atoms with van der Waals surface area (Å²) < 4.78 is 16.7. The van der Waals surface area contributed by atoms with Crippen LogP contribution in [-0.2, 0) is 28.6 Å². The summed E-state index contributed by atoms with van der Waals surface area (Å²) in [5.41, 5.74) is 0. The Bertz CT molecular complexity index is 1120. The number of allylic oxidation sites excluding steroid dienone is 10. The molecule has 61 heavy (non-hydrogen) atoms. The topological polar surface area (TPSA) is 78.9 Å². The molecule has 0 aliphatic rings. The molecule has 0 fully saturated rings. The van der Waals surface area contributed by atoms with Crippen molar-refractivity contribution in [3.63, 3.8) is 0 Å². The summed E-state index contributed by atoms with van der Waals surface area (Å²) in [6.07, 6.45) is 60.8. The van der Waals surface area contributed by atoms with E-state index in [1.54, 1.807) is 0 Å². The molecule has 0 heterocycles. The number of ether oxygens (including phenoxy) is 3. The summed E-state index contributed by atoms with van der Waals surface area (Å²) in [4.78, 5) is 37.7. The fourth-order valence-corrected chi connectivity index (χ4v) is 7.17. The van der Waals surface area contributed by atoms with E-state index in [-0.39, 0.29) is 31.1 Å². The van der Waals surface area contributed by atoms with Crippen molar-refractivity contribution < 1.29 is 28.6 Å². The smallest absolute Gasteiger partial charge is 0.306 e. The molecule has 0 aromatic heterocycles. The minimum Gasteiger partial charge on any atom is -0.462 e. The first-order valence-corrected chi connectivity index (χ1v) is 25.8. The minimum atomic E-state index is -0.776. The van der Waals surface area contributed by atoms with E-state index in [0.717, 1.165) is 109 Å². The molecule has 0 aromatic rings. The lowest BCUT2D eigenvalue weighted by Crippen LogP contribution is -2.30. The minimum absolute atomic E-state index is 0.0788. The number of rotatable bonds is 46. The van der Waals surface area contributed by atoms with E-state index in [1.165, 1.54) is 103 Å². The highest BCUT2D eigenvalue weighted by Crippen LogP contribution is 2.15. The predicted octanol–water partition coefficient (Wildman–Crippen LogP) is 16.9. The molecular formula is C55H96O6. The molecule has 0 N–H and O–H groups in total. The fourth-order valence-electron chi connectivity index (χ4n) is 7.17. The third-order valence-electron chi connectivity index (χ3n) is 11.0. The van der Waals surface area contributed by atoms with E-state index in [1.807, 2.05) is 0 Å². The summed E-state index contributed by atoms with van der Waals surface area (Å²) >= 11 is 0. The highest BCUT2D eigenvalue weighted by molar-refractivity contribution is 5.71. The number of hydrogen-bond donors (Lipinski definition) is 0. The Kier molecular flexibility index (Phi) is 47.4. The summed E-state index contributed by atoms with van der Waals surface area (Å²) in [6.45, 7) is 6.46. The van der Waals surface area contributed by atoms with E-state index in [9.17, 15) is 14.4 Å². The molecule has 0 rings (SSSR count). The molecule has 0 saturated heterocycles. The fraction of sp³-hybridized carbons (Fsp3) is 0.764. The van der Waals surface area contributed by atoms with Crippen molar-refractivity contribution in [3.05, 3.63) is 60.8 Å². The van der Waals surface area contributed by atoms with Gasteiger partial charge in [-0.25, -0.2) is 0 Å². The normalized spacial score (nSPS) is 12.5. The van der Waals surface area contributed by atoms with E-state index < -0.39 is 6.10 Å². The molecule has 352 valence electrons. The number of unbranched alkanes of at least 4 members (excludes halogenated alkanes) is 25. The molecule has 0 aliphatic carbocycles. The zero-order valence-corrected chi connectivity index (χ0v) is 40.2. The second-order valence-corrected chi connectivity index (χ2v) is 17.1. The van der Waals surface area contributed by atoms with Gasteiger partial charge in [0, 0.05) is 19.3 Å². The molecule has 0 bridgehead atoms. The maximum Gasteiger partial charge on any atom is 0.306 e. The Morgan fingerprint density at radius 1 is 0.344 bits per heavy atom. The van der Waals surface area contributed by atoms with Gasteiger partial charge in [-0.15, -0.1) is 0 Å². The van der Waals surface area contributed by atoms with Gasteiger partial charge in [-0.2, -0.15) is 0 Å². The predicted molar refractivity (Wildman–Crippen MR) is 261 cm³/mol. The Labute approximate surface area is 377 Å². The Balaban J connectivity index is 4.23. The van der Waals surface area contributed by atoms with Crippen molar-refractivity contribution in [2.45, 2.75) is 258 Å². The SMILES string of the molecule is CC/C=C\C/C=C\C/C=C\C/C=C\C/C=C\CCCCCCCC(=O)OCC(COC(=O)CCCCCCCC)OC(=O)CCCCCCCCCCCCCCCCCC. The summed E-state index contributed by atoms with van der Waals surface area (Å²) in [6, 6.07) is 0.